The van der Waals surface area contributed by atoms with E-state index in [1.165, 1.54) is 0 Å². The quantitative estimate of drug-likeness (QED) is 0.346. The monoisotopic (exact) mass is 234 g/mol. The van der Waals surface area contributed by atoms with Crippen molar-refractivity contribution in [2.75, 3.05) is 27.3 Å². The molecule has 0 aliphatic rings. The Kier molecular flexibility index (Phi) is 7.71. The highest BCUT2D eigenvalue weighted by molar-refractivity contribution is 5.91. The fourth-order valence-electron chi connectivity index (χ4n) is 1.49. The summed E-state index contributed by atoms with van der Waals surface area (Å²) in [6, 6.07) is 0. The number of nitrogens with zero attached hydrogens (tertiary/aromatic N) is 1. The van der Waals surface area contributed by atoms with Gasteiger partial charge in [0.15, 0.2) is 6.67 Å². The van der Waals surface area contributed by atoms with Gasteiger partial charge in [0, 0.05) is 11.5 Å². The first-order chi connectivity index (χ1) is 6.24. The van der Waals surface area contributed by atoms with Crippen molar-refractivity contribution in [3.8, 4) is 0 Å². The molecule has 0 fully saturated rings. The van der Waals surface area contributed by atoms with Crippen LogP contribution in [0, 0.1) is 5.92 Å². The van der Waals surface area contributed by atoms with E-state index in [-0.39, 0.29) is 18.3 Å². The fraction of sp³-hybridized carbons (Fsp3) is 0.727. The lowest BCUT2D eigenvalue weighted by molar-refractivity contribution is -0.895. The average Bonchev–Trinajstić information content (AvgIpc) is 1.97. The van der Waals surface area contributed by atoms with E-state index >= 15 is 0 Å². The predicted octanol–water partition coefficient (Wildman–Crippen LogP) is -1.63. The van der Waals surface area contributed by atoms with Crippen LogP contribution in [0.2, 0.25) is 0 Å². The molecule has 0 atom stereocenters. The summed E-state index contributed by atoms with van der Waals surface area (Å²) in [5.74, 6) is 0.576. The number of quaternary nitrogens is 1. The number of carbonyl (C=O) groups is 1. The van der Waals surface area contributed by atoms with Gasteiger partial charge in [0.1, 0.15) is 0 Å². The highest BCUT2D eigenvalue weighted by Gasteiger charge is 2.17. The predicted molar refractivity (Wildman–Crippen MR) is 59.6 cm³/mol. The molecule has 0 heterocycles. The lowest BCUT2D eigenvalue weighted by Crippen LogP contribution is -3.00. The highest BCUT2D eigenvalue weighted by atomic mass is 35.5. The number of hydrogen-bond donors (Lipinski definition) is 1. The maximum Gasteiger partial charge on any atom is 0.250 e. The van der Waals surface area contributed by atoms with Crippen molar-refractivity contribution in [2.45, 2.75) is 20.8 Å². The van der Waals surface area contributed by atoms with E-state index in [0.717, 1.165) is 11.0 Å². The Bertz CT molecular complexity index is 225. The SMILES string of the molecule is C=C(C)C(=O)NC[N+](C)(C)CC(C)C.[Cl-]. The second-order valence-electron chi connectivity index (χ2n) is 4.96. The topological polar surface area (TPSA) is 29.1 Å². The first-order valence-corrected chi connectivity index (χ1v) is 5.00. The van der Waals surface area contributed by atoms with Crippen molar-refractivity contribution >= 4 is 5.91 Å². The van der Waals surface area contributed by atoms with E-state index in [4.69, 9.17) is 0 Å². The highest BCUT2D eigenvalue weighted by Crippen LogP contribution is 2.02. The van der Waals surface area contributed by atoms with Crippen LogP contribution < -0.4 is 17.7 Å². The molecular weight excluding hydrogens is 212 g/mol. The van der Waals surface area contributed by atoms with E-state index in [9.17, 15) is 4.79 Å². The van der Waals surface area contributed by atoms with Gasteiger partial charge in [-0.15, -0.1) is 0 Å². The smallest absolute Gasteiger partial charge is 0.250 e. The molecule has 0 aromatic heterocycles. The van der Waals surface area contributed by atoms with Crippen LogP contribution in [0.1, 0.15) is 20.8 Å². The summed E-state index contributed by atoms with van der Waals surface area (Å²) < 4.78 is 0.802. The Labute approximate surface area is 99.5 Å². The van der Waals surface area contributed by atoms with Crippen molar-refractivity contribution in [1.29, 1.82) is 0 Å². The molecule has 4 heteroatoms. The fourth-order valence-corrected chi connectivity index (χ4v) is 1.49. The van der Waals surface area contributed by atoms with Crippen molar-refractivity contribution in [2.24, 2.45) is 5.92 Å². The molecule has 0 saturated heterocycles. The maximum absolute atomic E-state index is 11.3. The van der Waals surface area contributed by atoms with Crippen molar-refractivity contribution in [3.05, 3.63) is 12.2 Å². The van der Waals surface area contributed by atoms with Crippen molar-refractivity contribution < 1.29 is 21.7 Å². The zero-order chi connectivity index (χ0) is 11.4. The minimum absolute atomic E-state index is 0. The van der Waals surface area contributed by atoms with Crippen LogP contribution in [0.15, 0.2) is 12.2 Å². The van der Waals surface area contributed by atoms with Gasteiger partial charge in [0.2, 0.25) is 0 Å². The summed E-state index contributed by atoms with van der Waals surface area (Å²) in [4.78, 5) is 11.3. The van der Waals surface area contributed by atoms with Gasteiger partial charge in [-0.2, -0.15) is 0 Å². The van der Waals surface area contributed by atoms with Crippen molar-refractivity contribution in [1.82, 2.24) is 5.32 Å². The molecule has 90 valence electrons. The van der Waals surface area contributed by atoms with Crippen LogP contribution in [0.25, 0.3) is 0 Å². The lowest BCUT2D eigenvalue weighted by Gasteiger charge is -2.31. The van der Waals surface area contributed by atoms with Gasteiger partial charge in [-0.1, -0.05) is 20.4 Å². The standard InChI is InChI=1S/C11H22N2O.ClH/c1-9(2)7-13(5,6)8-12-11(14)10(3)4;/h9H,3,7-8H2,1-2,4-6H3;1H. The number of halogens is 1. The molecule has 1 N–H and O–H groups in total. The largest absolute Gasteiger partial charge is 1.00 e. The van der Waals surface area contributed by atoms with Gasteiger partial charge >= 0.3 is 0 Å². The molecular formula is C11H23ClN2O. The first kappa shape index (κ1) is 16.9. The Morgan fingerprint density at radius 2 is 1.87 bits per heavy atom. The Morgan fingerprint density at radius 1 is 1.40 bits per heavy atom. The van der Waals surface area contributed by atoms with E-state index in [1.54, 1.807) is 6.92 Å². The number of amides is 1. The summed E-state index contributed by atoms with van der Waals surface area (Å²) in [5.41, 5.74) is 0.564. The number of rotatable bonds is 5. The van der Waals surface area contributed by atoms with Gasteiger partial charge in [0.05, 0.1) is 20.6 Å². The van der Waals surface area contributed by atoms with Crippen molar-refractivity contribution in [3.63, 3.8) is 0 Å². The molecule has 0 aromatic rings. The summed E-state index contributed by atoms with van der Waals surface area (Å²) in [6.07, 6.45) is 0. The van der Waals surface area contributed by atoms with E-state index in [0.29, 0.717) is 18.2 Å². The van der Waals surface area contributed by atoms with Gasteiger partial charge in [-0.25, -0.2) is 0 Å². The average molecular weight is 235 g/mol. The number of hydrogen-bond acceptors (Lipinski definition) is 1. The Hall–Kier alpha value is -0.540. The van der Waals surface area contributed by atoms with Gasteiger partial charge in [0.25, 0.3) is 5.91 Å². The molecule has 0 unspecified atom stereocenters. The summed E-state index contributed by atoms with van der Waals surface area (Å²) in [7, 11) is 4.22. The summed E-state index contributed by atoms with van der Waals surface area (Å²) in [6.45, 7) is 11.4. The van der Waals surface area contributed by atoms with Gasteiger partial charge in [-0.3, -0.25) is 4.79 Å². The lowest BCUT2D eigenvalue weighted by atomic mass is 10.2. The second-order valence-corrected chi connectivity index (χ2v) is 4.96. The van der Waals surface area contributed by atoms with Crippen LogP contribution in [0.5, 0.6) is 0 Å². The molecule has 0 aliphatic heterocycles. The minimum Gasteiger partial charge on any atom is -1.00 e. The molecule has 0 saturated carbocycles. The minimum atomic E-state index is -0.0556. The molecule has 0 rings (SSSR count). The van der Waals surface area contributed by atoms with Crippen LogP contribution >= 0.6 is 0 Å². The molecule has 0 spiro atoms. The van der Waals surface area contributed by atoms with E-state index < -0.39 is 0 Å². The van der Waals surface area contributed by atoms with E-state index in [2.05, 4.69) is 39.8 Å². The second kappa shape index (κ2) is 6.85. The number of carbonyl (C=O) groups excluding carboxylic acids is 1. The summed E-state index contributed by atoms with van der Waals surface area (Å²) >= 11 is 0. The third kappa shape index (κ3) is 8.45. The van der Waals surface area contributed by atoms with Crippen LogP contribution in [-0.2, 0) is 4.79 Å². The van der Waals surface area contributed by atoms with Gasteiger partial charge < -0.3 is 22.2 Å². The zero-order valence-electron chi connectivity index (χ0n) is 10.4. The van der Waals surface area contributed by atoms with E-state index in [1.807, 2.05) is 0 Å². The molecule has 3 nitrogen and oxygen atoms in total. The molecule has 1 amide bonds. The molecule has 15 heavy (non-hydrogen) atoms. The van der Waals surface area contributed by atoms with Gasteiger partial charge in [-0.05, 0) is 6.92 Å². The van der Waals surface area contributed by atoms with Crippen LogP contribution in [0.4, 0.5) is 0 Å². The number of nitrogens with one attached hydrogen (secondary N) is 1. The molecule has 0 aromatic carbocycles. The molecule has 0 aliphatic carbocycles. The Morgan fingerprint density at radius 3 is 2.20 bits per heavy atom. The Balaban J connectivity index is 0. The molecule has 0 bridgehead atoms. The van der Waals surface area contributed by atoms with Crippen LogP contribution in [0.3, 0.4) is 0 Å². The van der Waals surface area contributed by atoms with Crippen LogP contribution in [-0.4, -0.2) is 37.7 Å². The summed E-state index contributed by atoms with van der Waals surface area (Å²) in [5, 5.41) is 2.86. The first-order valence-electron chi connectivity index (χ1n) is 5.00. The third-order valence-electron chi connectivity index (χ3n) is 1.91. The normalized spacial score (nSPS) is 10.8. The molecule has 0 radical (unpaired) electrons. The maximum atomic E-state index is 11.3. The zero-order valence-corrected chi connectivity index (χ0v) is 11.2. The third-order valence-corrected chi connectivity index (χ3v) is 1.91.